The summed E-state index contributed by atoms with van der Waals surface area (Å²) in [5, 5.41) is 24.3. The first-order chi connectivity index (χ1) is 15.3. The minimum absolute atomic E-state index is 0.00155. The lowest BCUT2D eigenvalue weighted by atomic mass is 10.0. The van der Waals surface area contributed by atoms with E-state index in [0.717, 1.165) is 4.90 Å². The van der Waals surface area contributed by atoms with Gasteiger partial charge in [0.15, 0.2) is 0 Å². The Morgan fingerprint density at radius 1 is 1.18 bits per heavy atom. The fourth-order valence-electron chi connectivity index (χ4n) is 2.95. The summed E-state index contributed by atoms with van der Waals surface area (Å²) >= 11 is 0. The van der Waals surface area contributed by atoms with Gasteiger partial charge < -0.3 is 35.2 Å². The Bertz CT molecular complexity index is 866. The first kappa shape index (κ1) is 27.7. The molecule has 0 saturated heterocycles. The third-order valence-electron chi connectivity index (χ3n) is 4.53. The summed E-state index contributed by atoms with van der Waals surface area (Å²) in [6, 6.07) is 1.78. The number of phenolic OH excluding ortho intramolecular Hbond substituents is 1. The third kappa shape index (κ3) is 8.26. The first-order valence-electron chi connectivity index (χ1n) is 10.4. The van der Waals surface area contributed by atoms with Crippen molar-refractivity contribution in [3.05, 3.63) is 29.3 Å². The number of amides is 3. The molecular weight excluding hydrogens is 434 g/mol. The lowest BCUT2D eigenvalue weighted by molar-refractivity contribution is -0.145. The molecule has 0 saturated carbocycles. The maximum atomic E-state index is 13.2. The number of carbonyl (C=O) groups excluding carboxylic acids is 4. The van der Waals surface area contributed by atoms with Crippen molar-refractivity contribution in [2.24, 2.45) is 0 Å². The lowest BCUT2D eigenvalue weighted by Gasteiger charge is -2.33. The molecule has 2 atom stereocenters. The highest BCUT2D eigenvalue weighted by molar-refractivity contribution is 5.93. The van der Waals surface area contributed by atoms with Gasteiger partial charge in [-0.15, -0.1) is 0 Å². The zero-order valence-electron chi connectivity index (χ0n) is 19.8. The molecular formula is C22H33N3O8. The highest BCUT2D eigenvalue weighted by atomic mass is 16.6. The number of rotatable bonds is 9. The number of aryl methyl sites for hydroxylation is 1. The number of nitrogens with zero attached hydrogens (tertiary/aromatic N) is 1. The number of esters is 1. The zero-order valence-corrected chi connectivity index (χ0v) is 19.8. The smallest absolute Gasteiger partial charge is 0.408 e. The number of carbonyl (C=O) groups is 4. The van der Waals surface area contributed by atoms with E-state index in [0.29, 0.717) is 11.1 Å². The first-order valence-corrected chi connectivity index (χ1v) is 10.4. The number of ether oxygens (including phenoxy) is 2. The number of aliphatic hydroxyl groups is 1. The molecule has 1 aromatic carbocycles. The van der Waals surface area contributed by atoms with Gasteiger partial charge in [0, 0.05) is 6.54 Å². The predicted octanol–water partition coefficient (Wildman–Crippen LogP) is 0.765. The topological polar surface area (TPSA) is 154 Å². The molecule has 1 rings (SSSR count). The Hall–Kier alpha value is -3.34. The largest absolute Gasteiger partial charge is 0.508 e. The van der Waals surface area contributed by atoms with Crippen molar-refractivity contribution in [2.45, 2.75) is 52.3 Å². The fraction of sp³-hybridized carbons (Fsp3) is 0.545. The van der Waals surface area contributed by atoms with E-state index in [-0.39, 0.29) is 12.3 Å². The summed E-state index contributed by atoms with van der Waals surface area (Å²) in [6.07, 6.45) is -0.905. The molecule has 0 bridgehead atoms. The molecule has 0 fully saturated rings. The molecule has 2 unspecified atom stereocenters. The summed E-state index contributed by atoms with van der Waals surface area (Å²) in [6.45, 7) is 7.06. The minimum Gasteiger partial charge on any atom is -0.508 e. The van der Waals surface area contributed by atoms with E-state index >= 15 is 0 Å². The quantitative estimate of drug-likeness (QED) is 0.388. The van der Waals surface area contributed by atoms with Crippen molar-refractivity contribution >= 4 is 23.9 Å². The van der Waals surface area contributed by atoms with Crippen LogP contribution >= 0.6 is 0 Å². The normalized spacial score (nSPS) is 12.8. The van der Waals surface area contributed by atoms with Crippen LogP contribution in [0.15, 0.2) is 18.2 Å². The van der Waals surface area contributed by atoms with E-state index in [1.807, 2.05) is 0 Å². The summed E-state index contributed by atoms with van der Waals surface area (Å²) in [5.41, 5.74) is 0.00135. The Labute approximate surface area is 193 Å². The number of methoxy groups -OCH3 is 1. The molecule has 1 aromatic rings. The second-order valence-corrected chi connectivity index (χ2v) is 8.25. The molecule has 3 amide bonds. The monoisotopic (exact) mass is 467 g/mol. The molecule has 4 N–H and O–H groups in total. The molecule has 0 aromatic heterocycles. The van der Waals surface area contributed by atoms with Crippen LogP contribution in [-0.4, -0.2) is 77.4 Å². The molecule has 0 heterocycles. The predicted molar refractivity (Wildman–Crippen MR) is 118 cm³/mol. The highest BCUT2D eigenvalue weighted by Crippen LogP contribution is 2.27. The Balaban J connectivity index is 3.29. The van der Waals surface area contributed by atoms with Crippen LogP contribution in [0.1, 0.15) is 44.9 Å². The van der Waals surface area contributed by atoms with Crippen LogP contribution in [0, 0.1) is 6.92 Å². The number of hydrogen-bond acceptors (Lipinski definition) is 8. The summed E-state index contributed by atoms with van der Waals surface area (Å²) in [5.74, 6) is -2.11. The maximum absolute atomic E-state index is 13.2. The van der Waals surface area contributed by atoms with Crippen molar-refractivity contribution in [2.75, 3.05) is 26.8 Å². The van der Waals surface area contributed by atoms with Gasteiger partial charge in [0.1, 0.15) is 30.0 Å². The van der Waals surface area contributed by atoms with Crippen LogP contribution in [0.5, 0.6) is 5.75 Å². The van der Waals surface area contributed by atoms with Crippen molar-refractivity contribution in [1.82, 2.24) is 15.5 Å². The standard InChI is InChI=1S/C22H33N3O8/c1-7-25(20(30)15(12-26)24-21(31)33-22(3,4)5)18(19(29)23-11-17(28)32-6)14-8-9-16(27)13(2)10-14/h8-10,15,18,26-27H,7,11-12H2,1-6H3,(H,23,29)(H,24,31). The molecule has 0 aliphatic carbocycles. The van der Waals surface area contributed by atoms with Gasteiger partial charge in [-0.2, -0.15) is 0 Å². The second kappa shape index (κ2) is 12.0. The van der Waals surface area contributed by atoms with E-state index < -0.39 is 54.7 Å². The molecule has 0 radical (unpaired) electrons. The van der Waals surface area contributed by atoms with Crippen LogP contribution in [-0.2, 0) is 23.9 Å². The number of hydrogen-bond donors (Lipinski definition) is 4. The number of aromatic hydroxyl groups is 1. The van der Waals surface area contributed by atoms with Crippen LogP contribution in [0.4, 0.5) is 4.79 Å². The van der Waals surface area contributed by atoms with Crippen LogP contribution in [0.2, 0.25) is 0 Å². The molecule has 0 aliphatic rings. The Morgan fingerprint density at radius 2 is 1.82 bits per heavy atom. The van der Waals surface area contributed by atoms with Gasteiger partial charge in [0.2, 0.25) is 11.8 Å². The SMILES string of the molecule is CCN(C(=O)C(CO)NC(=O)OC(C)(C)C)C(C(=O)NCC(=O)OC)c1ccc(O)c(C)c1. The number of likely N-dealkylation sites (N-methyl/N-ethyl adjacent to an activating group) is 1. The molecule has 11 nitrogen and oxygen atoms in total. The van der Waals surface area contributed by atoms with Gasteiger partial charge in [0.25, 0.3) is 0 Å². The average molecular weight is 468 g/mol. The molecule has 33 heavy (non-hydrogen) atoms. The van der Waals surface area contributed by atoms with E-state index in [2.05, 4.69) is 15.4 Å². The Kier molecular flexibility index (Phi) is 10.1. The molecule has 0 aliphatic heterocycles. The number of aliphatic hydroxyl groups excluding tert-OH is 1. The van der Waals surface area contributed by atoms with Gasteiger partial charge in [-0.3, -0.25) is 14.4 Å². The van der Waals surface area contributed by atoms with E-state index in [1.54, 1.807) is 34.6 Å². The number of nitrogens with one attached hydrogen (secondary N) is 2. The second-order valence-electron chi connectivity index (χ2n) is 8.25. The van der Waals surface area contributed by atoms with Crippen molar-refractivity contribution in [3.8, 4) is 5.75 Å². The van der Waals surface area contributed by atoms with Crippen LogP contribution in [0.25, 0.3) is 0 Å². The minimum atomic E-state index is -1.38. The van der Waals surface area contributed by atoms with Crippen molar-refractivity contribution < 1.29 is 38.9 Å². The van der Waals surface area contributed by atoms with Crippen molar-refractivity contribution in [1.29, 1.82) is 0 Å². The number of phenols is 1. The van der Waals surface area contributed by atoms with Crippen LogP contribution < -0.4 is 10.6 Å². The Morgan fingerprint density at radius 3 is 2.30 bits per heavy atom. The van der Waals surface area contributed by atoms with Gasteiger partial charge in [0.05, 0.1) is 13.7 Å². The van der Waals surface area contributed by atoms with Crippen molar-refractivity contribution in [3.63, 3.8) is 0 Å². The number of benzene rings is 1. The van der Waals surface area contributed by atoms with Gasteiger partial charge in [-0.05, 0) is 57.9 Å². The third-order valence-corrected chi connectivity index (χ3v) is 4.53. The van der Waals surface area contributed by atoms with E-state index in [1.165, 1.54) is 25.3 Å². The lowest BCUT2D eigenvalue weighted by Crippen LogP contribution is -2.54. The molecule has 184 valence electrons. The fourth-order valence-corrected chi connectivity index (χ4v) is 2.95. The van der Waals surface area contributed by atoms with Gasteiger partial charge in [-0.1, -0.05) is 6.07 Å². The van der Waals surface area contributed by atoms with E-state index in [4.69, 9.17) is 4.74 Å². The van der Waals surface area contributed by atoms with Gasteiger partial charge >= 0.3 is 12.1 Å². The van der Waals surface area contributed by atoms with Gasteiger partial charge in [-0.25, -0.2) is 4.79 Å². The molecule has 11 heteroatoms. The zero-order chi connectivity index (χ0) is 25.3. The summed E-state index contributed by atoms with van der Waals surface area (Å²) in [7, 11) is 1.17. The number of alkyl carbamates (subject to hydrolysis) is 1. The van der Waals surface area contributed by atoms with E-state index in [9.17, 15) is 29.4 Å². The highest BCUT2D eigenvalue weighted by Gasteiger charge is 2.35. The molecule has 0 spiro atoms. The summed E-state index contributed by atoms with van der Waals surface area (Å²) < 4.78 is 9.67. The average Bonchev–Trinajstić information content (AvgIpc) is 2.74. The maximum Gasteiger partial charge on any atom is 0.408 e. The van der Waals surface area contributed by atoms with Crippen LogP contribution in [0.3, 0.4) is 0 Å². The summed E-state index contributed by atoms with van der Waals surface area (Å²) in [4.78, 5) is 51.1.